The van der Waals surface area contributed by atoms with Crippen LogP contribution in [0.25, 0.3) is 10.9 Å². The lowest BCUT2D eigenvalue weighted by Gasteiger charge is -2.07. The van der Waals surface area contributed by atoms with Crippen molar-refractivity contribution in [2.75, 3.05) is 7.05 Å². The number of nitrogens with one attached hydrogen (secondary N) is 1. The molecule has 2 heterocycles. The van der Waals surface area contributed by atoms with Crippen molar-refractivity contribution in [1.29, 1.82) is 0 Å². The molecule has 5 nitrogen and oxygen atoms in total. The van der Waals surface area contributed by atoms with Crippen molar-refractivity contribution in [1.82, 2.24) is 14.3 Å². The summed E-state index contributed by atoms with van der Waals surface area (Å²) in [6.07, 6.45) is 4.57. The first-order valence-electron chi connectivity index (χ1n) is 6.64. The van der Waals surface area contributed by atoms with Gasteiger partial charge in [-0.05, 0) is 36.9 Å². The van der Waals surface area contributed by atoms with Gasteiger partial charge in [-0.15, -0.1) is 0 Å². The number of hydrogen-bond donors (Lipinski definition) is 1. The lowest BCUT2D eigenvalue weighted by atomic mass is 10.2. The third-order valence-corrected chi connectivity index (χ3v) is 5.53. The Morgan fingerprint density at radius 2 is 2.14 bits per heavy atom. The van der Waals surface area contributed by atoms with E-state index in [9.17, 15) is 8.42 Å². The van der Waals surface area contributed by atoms with E-state index in [2.05, 4.69) is 26.2 Å². The van der Waals surface area contributed by atoms with Crippen LogP contribution in [0.5, 0.6) is 0 Å². The summed E-state index contributed by atoms with van der Waals surface area (Å²) in [6, 6.07) is 8.79. The van der Waals surface area contributed by atoms with Gasteiger partial charge in [0.05, 0.1) is 5.52 Å². The van der Waals surface area contributed by atoms with Crippen molar-refractivity contribution in [3.63, 3.8) is 0 Å². The van der Waals surface area contributed by atoms with Gasteiger partial charge < -0.3 is 5.32 Å². The smallest absolute Gasteiger partial charge is 0.269 e. The Hall–Kier alpha value is -1.70. The molecule has 0 saturated carbocycles. The van der Waals surface area contributed by atoms with Crippen LogP contribution < -0.4 is 5.32 Å². The summed E-state index contributed by atoms with van der Waals surface area (Å²) >= 11 is 3.40. The van der Waals surface area contributed by atoms with Crippen LogP contribution >= 0.6 is 15.9 Å². The van der Waals surface area contributed by atoms with Crippen LogP contribution in [0.2, 0.25) is 0 Å². The molecule has 3 aromatic rings. The molecule has 22 heavy (non-hydrogen) atoms. The number of hydrogen-bond acceptors (Lipinski definition) is 4. The molecular weight excluding hydrogens is 366 g/mol. The molecular formula is C15H14BrN3O2S. The molecule has 0 aliphatic carbocycles. The molecule has 1 aromatic carbocycles. The standard InChI is InChI=1S/C15H14BrN3O2S/c1-17-8-11-10-19(15-7-12(16)4-5-14(11)15)22(20,21)13-3-2-6-18-9-13/h2-7,9-10,17H,8H2,1H3. The van der Waals surface area contributed by atoms with Gasteiger partial charge >= 0.3 is 0 Å². The van der Waals surface area contributed by atoms with E-state index in [0.29, 0.717) is 12.1 Å². The van der Waals surface area contributed by atoms with Gasteiger partial charge in [0, 0.05) is 35.0 Å². The lowest BCUT2D eigenvalue weighted by molar-refractivity contribution is 0.588. The van der Waals surface area contributed by atoms with Gasteiger partial charge in [0.25, 0.3) is 10.0 Å². The highest BCUT2D eigenvalue weighted by molar-refractivity contribution is 9.10. The number of rotatable bonds is 4. The zero-order chi connectivity index (χ0) is 15.7. The maximum absolute atomic E-state index is 12.9. The highest BCUT2D eigenvalue weighted by atomic mass is 79.9. The van der Waals surface area contributed by atoms with Crippen molar-refractivity contribution in [2.45, 2.75) is 11.4 Å². The van der Waals surface area contributed by atoms with Crippen LogP contribution in [0.15, 0.2) is 58.3 Å². The predicted molar refractivity (Wildman–Crippen MR) is 89.2 cm³/mol. The van der Waals surface area contributed by atoms with Gasteiger partial charge in [-0.2, -0.15) is 0 Å². The quantitative estimate of drug-likeness (QED) is 0.756. The summed E-state index contributed by atoms with van der Waals surface area (Å²) in [7, 11) is -1.84. The van der Waals surface area contributed by atoms with E-state index >= 15 is 0 Å². The van der Waals surface area contributed by atoms with Crippen molar-refractivity contribution in [3.8, 4) is 0 Å². The number of pyridine rings is 1. The summed E-state index contributed by atoms with van der Waals surface area (Å²) in [6.45, 7) is 0.591. The summed E-state index contributed by atoms with van der Waals surface area (Å²) in [5.41, 5.74) is 1.57. The molecule has 114 valence electrons. The Balaban J connectivity index is 2.29. The van der Waals surface area contributed by atoms with Crippen molar-refractivity contribution >= 4 is 36.9 Å². The zero-order valence-electron chi connectivity index (χ0n) is 11.8. The summed E-state index contributed by atoms with van der Waals surface area (Å²) in [4.78, 5) is 4.07. The van der Waals surface area contributed by atoms with Gasteiger partial charge in [0.2, 0.25) is 0 Å². The van der Waals surface area contributed by atoms with Crippen LogP contribution in [0.3, 0.4) is 0 Å². The minimum atomic E-state index is -3.67. The monoisotopic (exact) mass is 379 g/mol. The third kappa shape index (κ3) is 2.55. The molecule has 7 heteroatoms. The Kier molecular flexibility index (Phi) is 4.03. The molecule has 2 aromatic heterocycles. The summed E-state index contributed by atoms with van der Waals surface area (Å²) in [5.74, 6) is 0. The van der Waals surface area contributed by atoms with Gasteiger partial charge in [-0.3, -0.25) is 4.98 Å². The SMILES string of the molecule is CNCc1cn(S(=O)(=O)c2cccnc2)c2cc(Br)ccc12. The van der Waals surface area contributed by atoms with Crippen LogP contribution in [-0.4, -0.2) is 24.4 Å². The number of aromatic nitrogens is 2. The molecule has 1 N–H and O–H groups in total. The molecule has 0 bridgehead atoms. The van der Waals surface area contributed by atoms with Gasteiger partial charge in [-0.25, -0.2) is 12.4 Å². The number of halogens is 1. The molecule has 0 aliphatic rings. The molecule has 0 radical (unpaired) electrons. The van der Waals surface area contributed by atoms with Gasteiger partial charge in [0.1, 0.15) is 4.90 Å². The second-order valence-corrected chi connectivity index (χ2v) is 7.57. The van der Waals surface area contributed by atoms with E-state index in [0.717, 1.165) is 15.4 Å². The molecule has 0 aliphatic heterocycles. The zero-order valence-corrected chi connectivity index (χ0v) is 14.2. The van der Waals surface area contributed by atoms with Gasteiger partial charge in [0.15, 0.2) is 0 Å². The molecule has 0 saturated heterocycles. The molecule has 0 spiro atoms. The van der Waals surface area contributed by atoms with Crippen molar-refractivity contribution in [3.05, 3.63) is 59.0 Å². The fraction of sp³-hybridized carbons (Fsp3) is 0.133. The van der Waals surface area contributed by atoms with Crippen LogP contribution in [-0.2, 0) is 16.6 Å². The number of fused-ring (bicyclic) bond motifs is 1. The molecule has 3 rings (SSSR count). The molecule has 0 fully saturated rings. The van der Waals surface area contributed by atoms with E-state index in [-0.39, 0.29) is 4.90 Å². The minimum Gasteiger partial charge on any atom is -0.316 e. The largest absolute Gasteiger partial charge is 0.316 e. The van der Waals surface area contributed by atoms with Gasteiger partial charge in [-0.1, -0.05) is 22.0 Å². The van der Waals surface area contributed by atoms with Crippen LogP contribution in [0, 0.1) is 0 Å². The van der Waals surface area contributed by atoms with E-state index in [1.54, 1.807) is 24.5 Å². The fourth-order valence-electron chi connectivity index (χ4n) is 2.38. The van der Waals surface area contributed by atoms with E-state index < -0.39 is 10.0 Å². The molecule has 0 atom stereocenters. The van der Waals surface area contributed by atoms with E-state index in [1.165, 1.54) is 10.2 Å². The first-order chi connectivity index (χ1) is 10.5. The number of nitrogens with zero attached hydrogens (tertiary/aromatic N) is 2. The Labute approximate surface area is 137 Å². The van der Waals surface area contributed by atoms with E-state index in [4.69, 9.17) is 0 Å². The second kappa shape index (κ2) is 5.83. The first-order valence-corrected chi connectivity index (χ1v) is 8.87. The summed E-state index contributed by atoms with van der Waals surface area (Å²) < 4.78 is 27.9. The highest BCUT2D eigenvalue weighted by Crippen LogP contribution is 2.28. The average molecular weight is 380 g/mol. The van der Waals surface area contributed by atoms with Crippen molar-refractivity contribution < 1.29 is 8.42 Å². The predicted octanol–water partition coefficient (Wildman–Crippen LogP) is 2.76. The molecule has 0 unspecified atom stereocenters. The second-order valence-electron chi connectivity index (χ2n) is 4.84. The maximum atomic E-state index is 12.9. The van der Waals surface area contributed by atoms with E-state index in [1.807, 2.05) is 25.2 Å². The van der Waals surface area contributed by atoms with Crippen LogP contribution in [0.4, 0.5) is 0 Å². The fourth-order valence-corrected chi connectivity index (χ4v) is 4.08. The Morgan fingerprint density at radius 3 is 2.82 bits per heavy atom. The Bertz CT molecular complexity index is 921. The topological polar surface area (TPSA) is 64.0 Å². The number of benzene rings is 1. The third-order valence-electron chi connectivity index (χ3n) is 3.37. The first kappa shape index (κ1) is 15.2. The van der Waals surface area contributed by atoms with Crippen molar-refractivity contribution in [2.24, 2.45) is 0 Å². The summed E-state index contributed by atoms with van der Waals surface area (Å²) in [5, 5.41) is 3.97. The maximum Gasteiger partial charge on any atom is 0.269 e. The highest BCUT2D eigenvalue weighted by Gasteiger charge is 2.21. The average Bonchev–Trinajstić information content (AvgIpc) is 2.87. The molecule has 0 amide bonds. The van der Waals surface area contributed by atoms with Crippen LogP contribution in [0.1, 0.15) is 5.56 Å². The Morgan fingerprint density at radius 1 is 1.32 bits per heavy atom. The normalized spacial score (nSPS) is 11.9. The minimum absolute atomic E-state index is 0.169. The lowest BCUT2D eigenvalue weighted by Crippen LogP contribution is -2.12.